The van der Waals surface area contributed by atoms with Crippen molar-refractivity contribution < 1.29 is 23.4 Å². The molecule has 1 saturated carbocycles. The van der Waals surface area contributed by atoms with E-state index >= 15 is 0 Å². The van der Waals surface area contributed by atoms with Crippen LogP contribution in [-0.4, -0.2) is 10.3 Å². The number of halogens is 3. The van der Waals surface area contributed by atoms with Gasteiger partial charge in [0.2, 0.25) is 6.29 Å². The van der Waals surface area contributed by atoms with Gasteiger partial charge in [0, 0.05) is 23.1 Å². The van der Waals surface area contributed by atoms with E-state index in [1.807, 2.05) is 30.3 Å². The van der Waals surface area contributed by atoms with Crippen molar-refractivity contribution in [3.05, 3.63) is 65.0 Å². The first-order valence-electron chi connectivity index (χ1n) is 8.50. The van der Waals surface area contributed by atoms with Gasteiger partial charge in [-0.3, -0.25) is 4.79 Å². The number of fused-ring (bicyclic) bond motifs is 1. The van der Waals surface area contributed by atoms with Crippen molar-refractivity contribution in [2.24, 2.45) is 5.41 Å². The lowest BCUT2D eigenvalue weighted by atomic mass is 10.1. The largest absolute Gasteiger partial charge is 0.460 e. The maximum atomic E-state index is 14.0. The van der Waals surface area contributed by atoms with Gasteiger partial charge in [0.25, 0.3) is 0 Å². The quantitative estimate of drug-likeness (QED) is 0.521. The highest BCUT2D eigenvalue weighted by Gasteiger charge is 2.69. The first-order chi connectivity index (χ1) is 12.8. The molecule has 0 N–H and O–H groups in total. The summed E-state index contributed by atoms with van der Waals surface area (Å²) in [5.74, 6) is -0.503. The number of alkyl halides is 2. The predicted octanol–water partition coefficient (Wildman–Crippen LogP) is 5.06. The maximum Gasteiger partial charge on any atom is 0.315 e. The van der Waals surface area contributed by atoms with E-state index in [2.05, 4.69) is 0 Å². The molecule has 1 heterocycles. The van der Waals surface area contributed by atoms with Crippen molar-refractivity contribution in [3.8, 4) is 5.75 Å². The summed E-state index contributed by atoms with van der Waals surface area (Å²) in [5, 5.41) is 0. The van der Waals surface area contributed by atoms with E-state index in [4.69, 9.17) is 37.4 Å². The summed E-state index contributed by atoms with van der Waals surface area (Å²) < 4.78 is 29.8. The number of hydrogen-bond donors (Lipinski definition) is 0. The van der Waals surface area contributed by atoms with Crippen molar-refractivity contribution in [3.63, 3.8) is 0 Å². The Labute approximate surface area is 166 Å². The molecule has 4 nitrogen and oxygen atoms in total. The predicted molar refractivity (Wildman–Crippen MR) is 98.0 cm³/mol. The van der Waals surface area contributed by atoms with Gasteiger partial charge in [0.15, 0.2) is 0 Å². The molecule has 0 amide bonds. The van der Waals surface area contributed by atoms with Crippen molar-refractivity contribution >= 4 is 29.2 Å². The molecular formula is C20H17Cl2FO4. The number of esters is 1. The first-order valence-corrected chi connectivity index (χ1v) is 9.25. The third-order valence-electron chi connectivity index (χ3n) is 4.96. The van der Waals surface area contributed by atoms with Gasteiger partial charge in [-0.05, 0) is 19.1 Å². The molecule has 2 aliphatic rings. The summed E-state index contributed by atoms with van der Waals surface area (Å²) >= 11 is 12.0. The van der Waals surface area contributed by atoms with Crippen LogP contribution in [0.1, 0.15) is 36.3 Å². The normalized spacial score (nSPS) is 25.3. The van der Waals surface area contributed by atoms with Gasteiger partial charge in [-0.25, -0.2) is 4.39 Å². The Morgan fingerprint density at radius 3 is 2.67 bits per heavy atom. The summed E-state index contributed by atoms with van der Waals surface area (Å²) in [6.07, 6.45) is -0.290. The third kappa shape index (κ3) is 3.40. The average Bonchev–Trinajstić information content (AvgIpc) is 3.18. The number of ether oxygens (including phenoxy) is 3. The minimum atomic E-state index is -1.12. The van der Waals surface area contributed by atoms with Crippen LogP contribution in [0.2, 0.25) is 0 Å². The molecule has 7 heteroatoms. The summed E-state index contributed by atoms with van der Waals surface area (Å²) in [6.45, 7) is 1.70. The van der Waals surface area contributed by atoms with E-state index in [0.717, 1.165) is 5.56 Å². The van der Waals surface area contributed by atoms with Crippen LogP contribution in [0.15, 0.2) is 42.5 Å². The smallest absolute Gasteiger partial charge is 0.315 e. The molecule has 4 rings (SSSR count). The van der Waals surface area contributed by atoms with Gasteiger partial charge < -0.3 is 14.2 Å². The molecule has 2 atom stereocenters. The number of benzene rings is 2. The second-order valence-electron chi connectivity index (χ2n) is 7.01. The Kier molecular flexibility index (Phi) is 4.57. The van der Waals surface area contributed by atoms with Gasteiger partial charge in [-0.1, -0.05) is 30.3 Å². The summed E-state index contributed by atoms with van der Waals surface area (Å²) in [7, 11) is 0. The van der Waals surface area contributed by atoms with Crippen LogP contribution >= 0.6 is 23.2 Å². The lowest BCUT2D eigenvalue weighted by Crippen LogP contribution is -2.22. The van der Waals surface area contributed by atoms with E-state index in [9.17, 15) is 9.18 Å². The molecule has 0 bridgehead atoms. The van der Waals surface area contributed by atoms with Gasteiger partial charge in [0.05, 0.1) is 6.61 Å². The summed E-state index contributed by atoms with van der Waals surface area (Å²) in [6, 6.07) is 12.1. The van der Waals surface area contributed by atoms with Crippen LogP contribution in [0.4, 0.5) is 4.39 Å². The zero-order valence-electron chi connectivity index (χ0n) is 14.5. The molecule has 1 aliphatic heterocycles. The molecule has 2 aromatic rings. The van der Waals surface area contributed by atoms with Gasteiger partial charge in [0.1, 0.15) is 27.9 Å². The standard InChI is InChI=1S/C20H17Cl2FO4/c1-19(11-20(19,21)22)18(24)26-10-14-8-15(23)7-13-9-25-17(27-16(13)14)12-5-3-2-4-6-12/h2-8,17H,9-11H2,1H3/t17-,19-/m0/s1. The highest BCUT2D eigenvalue weighted by molar-refractivity contribution is 6.53. The lowest BCUT2D eigenvalue weighted by Gasteiger charge is -2.28. The molecule has 1 aliphatic carbocycles. The molecule has 27 heavy (non-hydrogen) atoms. The molecule has 0 radical (unpaired) electrons. The summed E-state index contributed by atoms with van der Waals surface area (Å²) in [5.41, 5.74) is 0.895. The van der Waals surface area contributed by atoms with Crippen LogP contribution in [-0.2, 0) is 27.5 Å². The third-order valence-corrected chi connectivity index (χ3v) is 6.06. The molecule has 0 spiro atoms. The van der Waals surface area contributed by atoms with E-state index < -0.39 is 27.8 Å². The Hall–Kier alpha value is -1.82. The average molecular weight is 411 g/mol. The van der Waals surface area contributed by atoms with Gasteiger partial charge in [-0.2, -0.15) is 0 Å². The fraction of sp³-hybridized carbons (Fsp3) is 0.350. The monoisotopic (exact) mass is 410 g/mol. The second kappa shape index (κ2) is 6.66. The van der Waals surface area contributed by atoms with E-state index in [1.165, 1.54) is 12.1 Å². The van der Waals surface area contributed by atoms with E-state index in [0.29, 0.717) is 23.3 Å². The van der Waals surface area contributed by atoms with Crippen LogP contribution in [0.5, 0.6) is 5.75 Å². The van der Waals surface area contributed by atoms with Gasteiger partial charge >= 0.3 is 5.97 Å². The van der Waals surface area contributed by atoms with Crippen LogP contribution in [0.3, 0.4) is 0 Å². The molecule has 1 fully saturated rings. The van der Waals surface area contributed by atoms with Crippen molar-refractivity contribution in [1.29, 1.82) is 0 Å². The Morgan fingerprint density at radius 2 is 2.00 bits per heavy atom. The molecular weight excluding hydrogens is 394 g/mol. The molecule has 0 aromatic heterocycles. The minimum absolute atomic E-state index is 0.139. The van der Waals surface area contributed by atoms with Crippen LogP contribution in [0, 0.1) is 11.2 Å². The van der Waals surface area contributed by atoms with Crippen molar-refractivity contribution in [2.45, 2.75) is 37.2 Å². The molecule has 0 unspecified atom stereocenters. The molecule has 2 aromatic carbocycles. The summed E-state index contributed by atoms with van der Waals surface area (Å²) in [4.78, 5) is 12.3. The van der Waals surface area contributed by atoms with Crippen molar-refractivity contribution in [1.82, 2.24) is 0 Å². The van der Waals surface area contributed by atoms with E-state index in [1.54, 1.807) is 6.92 Å². The Morgan fingerprint density at radius 1 is 1.30 bits per heavy atom. The zero-order chi connectivity index (χ0) is 19.2. The topological polar surface area (TPSA) is 44.8 Å². The highest BCUT2D eigenvalue weighted by Crippen LogP contribution is 2.64. The Bertz CT molecular complexity index is 887. The SMILES string of the molecule is C[C@@]1(C(=O)OCc2cc(F)cc3c2O[C@@H](c2ccccc2)OC3)CC1(Cl)Cl. The van der Waals surface area contributed by atoms with Gasteiger partial charge in [-0.15, -0.1) is 23.2 Å². The number of carbonyl (C=O) groups is 1. The molecule has 0 saturated heterocycles. The number of carbonyl (C=O) groups excluding carboxylic acids is 1. The number of rotatable bonds is 4. The van der Waals surface area contributed by atoms with Crippen LogP contribution < -0.4 is 4.74 Å². The second-order valence-corrected chi connectivity index (χ2v) is 8.50. The zero-order valence-corrected chi connectivity index (χ0v) is 16.0. The fourth-order valence-electron chi connectivity index (χ4n) is 3.08. The lowest BCUT2D eigenvalue weighted by molar-refractivity contribution is -0.151. The maximum absolute atomic E-state index is 14.0. The first kappa shape index (κ1) is 18.5. The highest BCUT2D eigenvalue weighted by atomic mass is 35.5. The van der Waals surface area contributed by atoms with Crippen molar-refractivity contribution in [2.75, 3.05) is 0 Å². The van der Waals surface area contributed by atoms with Crippen LogP contribution in [0.25, 0.3) is 0 Å². The minimum Gasteiger partial charge on any atom is -0.460 e. The van der Waals surface area contributed by atoms with E-state index in [-0.39, 0.29) is 13.2 Å². The molecule has 142 valence electrons. The Balaban J connectivity index is 1.54. The fourth-order valence-corrected chi connectivity index (χ4v) is 3.77. The number of hydrogen-bond acceptors (Lipinski definition) is 4.